The first-order valence-electron chi connectivity index (χ1n) is 7.68. The van der Waals surface area contributed by atoms with Crippen LogP contribution in [0.25, 0.3) is 0 Å². The lowest BCUT2D eigenvalue weighted by molar-refractivity contribution is 0.0951. The second kappa shape index (κ2) is 7.58. The summed E-state index contributed by atoms with van der Waals surface area (Å²) in [6.07, 6.45) is 0.931. The van der Waals surface area contributed by atoms with Gasteiger partial charge in [-0.2, -0.15) is 0 Å². The predicted octanol–water partition coefficient (Wildman–Crippen LogP) is 2.26. The Morgan fingerprint density at radius 2 is 2.09 bits per heavy atom. The molecular formula is C17H22N4O2. The summed E-state index contributed by atoms with van der Waals surface area (Å²) in [5, 5.41) is 2.76. The number of benzene rings is 1. The van der Waals surface area contributed by atoms with Crippen LogP contribution in [0.1, 0.15) is 41.2 Å². The van der Waals surface area contributed by atoms with Crippen LogP contribution in [0.4, 0.5) is 5.95 Å². The minimum absolute atomic E-state index is 0.136. The minimum atomic E-state index is -0.217. The van der Waals surface area contributed by atoms with Crippen LogP contribution in [0.5, 0.6) is 5.75 Å². The molecule has 1 heterocycles. The highest BCUT2D eigenvalue weighted by Crippen LogP contribution is 2.18. The maximum atomic E-state index is 12.2. The van der Waals surface area contributed by atoms with Gasteiger partial charge in [-0.05, 0) is 38.0 Å². The van der Waals surface area contributed by atoms with Gasteiger partial charge >= 0.3 is 0 Å². The third kappa shape index (κ3) is 4.18. The summed E-state index contributed by atoms with van der Waals surface area (Å²) in [5.74, 6) is 0.656. The molecule has 0 fully saturated rings. The maximum Gasteiger partial charge on any atom is 0.255 e. The molecular weight excluding hydrogens is 292 g/mol. The number of carbonyl (C=O) groups excluding carboxylic acids is 1. The van der Waals surface area contributed by atoms with Crippen molar-refractivity contribution in [3.63, 3.8) is 0 Å². The van der Waals surface area contributed by atoms with E-state index in [1.54, 1.807) is 6.92 Å². The van der Waals surface area contributed by atoms with Crippen molar-refractivity contribution in [1.82, 2.24) is 15.3 Å². The number of rotatable bonds is 6. The van der Waals surface area contributed by atoms with Crippen molar-refractivity contribution in [2.45, 2.75) is 33.8 Å². The Labute approximate surface area is 136 Å². The zero-order valence-corrected chi connectivity index (χ0v) is 13.7. The third-order valence-electron chi connectivity index (χ3n) is 3.43. The molecule has 0 aliphatic heterocycles. The lowest BCUT2D eigenvalue weighted by atomic mass is 10.1. The van der Waals surface area contributed by atoms with E-state index in [0.29, 0.717) is 23.5 Å². The first kappa shape index (κ1) is 16.7. The summed E-state index contributed by atoms with van der Waals surface area (Å²) in [5.41, 5.74) is 8.35. The second-order valence-corrected chi connectivity index (χ2v) is 5.14. The standard InChI is InChI=1S/C17H22N4O2/c1-4-12-7-6-8-13(9-12)23-10-14-15(16(22)19-5-2)11(3)20-17(18)21-14/h6-9H,4-5,10H2,1-3H3,(H,19,22)(H2,18,20,21). The predicted molar refractivity (Wildman–Crippen MR) is 89.3 cm³/mol. The highest BCUT2D eigenvalue weighted by atomic mass is 16.5. The topological polar surface area (TPSA) is 90.1 Å². The number of hydrogen-bond acceptors (Lipinski definition) is 5. The molecule has 0 aliphatic carbocycles. The molecule has 3 N–H and O–H groups in total. The molecule has 122 valence electrons. The van der Waals surface area contributed by atoms with Crippen molar-refractivity contribution in [2.75, 3.05) is 12.3 Å². The largest absolute Gasteiger partial charge is 0.487 e. The second-order valence-electron chi connectivity index (χ2n) is 5.14. The zero-order chi connectivity index (χ0) is 16.8. The molecule has 6 nitrogen and oxygen atoms in total. The van der Waals surface area contributed by atoms with Gasteiger partial charge in [-0.25, -0.2) is 9.97 Å². The summed E-state index contributed by atoms with van der Waals surface area (Å²) in [7, 11) is 0. The van der Waals surface area contributed by atoms with E-state index in [9.17, 15) is 4.79 Å². The normalized spacial score (nSPS) is 10.4. The maximum absolute atomic E-state index is 12.2. The van der Waals surface area contributed by atoms with Gasteiger partial charge < -0.3 is 15.8 Å². The summed E-state index contributed by atoms with van der Waals surface area (Å²) >= 11 is 0. The number of nitrogen functional groups attached to an aromatic ring is 1. The monoisotopic (exact) mass is 314 g/mol. The molecule has 0 spiro atoms. The molecule has 1 aromatic carbocycles. The first-order chi connectivity index (χ1) is 11.0. The van der Waals surface area contributed by atoms with Crippen LogP contribution in [0.15, 0.2) is 24.3 Å². The van der Waals surface area contributed by atoms with Crippen molar-refractivity contribution in [1.29, 1.82) is 0 Å². The summed E-state index contributed by atoms with van der Waals surface area (Å²) in [6, 6.07) is 7.84. The van der Waals surface area contributed by atoms with Gasteiger partial charge in [0.25, 0.3) is 5.91 Å². The smallest absolute Gasteiger partial charge is 0.255 e. The molecule has 2 rings (SSSR count). The Balaban J connectivity index is 2.25. The highest BCUT2D eigenvalue weighted by molar-refractivity contribution is 5.96. The van der Waals surface area contributed by atoms with Crippen LogP contribution in [0, 0.1) is 6.92 Å². The van der Waals surface area contributed by atoms with E-state index >= 15 is 0 Å². The number of aromatic nitrogens is 2. The summed E-state index contributed by atoms with van der Waals surface area (Å²) in [6.45, 7) is 6.37. The van der Waals surface area contributed by atoms with E-state index < -0.39 is 0 Å². The van der Waals surface area contributed by atoms with Crippen molar-refractivity contribution >= 4 is 11.9 Å². The molecule has 0 saturated heterocycles. The zero-order valence-electron chi connectivity index (χ0n) is 13.7. The van der Waals surface area contributed by atoms with Gasteiger partial charge in [0.15, 0.2) is 0 Å². The molecule has 0 aliphatic rings. The Bertz CT molecular complexity index is 701. The number of amides is 1. The van der Waals surface area contributed by atoms with E-state index in [0.717, 1.165) is 12.2 Å². The van der Waals surface area contributed by atoms with Gasteiger partial charge in [0.2, 0.25) is 5.95 Å². The van der Waals surface area contributed by atoms with Crippen molar-refractivity contribution in [2.24, 2.45) is 0 Å². The Hall–Kier alpha value is -2.63. The number of aryl methyl sites for hydroxylation is 2. The number of nitrogens with two attached hydrogens (primary N) is 1. The quantitative estimate of drug-likeness (QED) is 0.853. The Morgan fingerprint density at radius 3 is 2.78 bits per heavy atom. The Morgan fingerprint density at radius 1 is 1.30 bits per heavy atom. The lowest BCUT2D eigenvalue weighted by Gasteiger charge is -2.13. The van der Waals surface area contributed by atoms with E-state index in [4.69, 9.17) is 10.5 Å². The average Bonchev–Trinajstić information content (AvgIpc) is 2.52. The molecule has 2 aromatic rings. The molecule has 1 aromatic heterocycles. The first-order valence-corrected chi connectivity index (χ1v) is 7.68. The van der Waals surface area contributed by atoms with Crippen molar-refractivity contribution in [3.05, 3.63) is 46.8 Å². The number of nitrogens with zero attached hydrogens (tertiary/aromatic N) is 2. The van der Waals surface area contributed by atoms with Crippen LogP contribution >= 0.6 is 0 Å². The van der Waals surface area contributed by atoms with Crippen LogP contribution in [-0.2, 0) is 13.0 Å². The number of ether oxygens (including phenoxy) is 1. The number of nitrogens with one attached hydrogen (secondary N) is 1. The minimum Gasteiger partial charge on any atom is -0.487 e. The summed E-state index contributed by atoms with van der Waals surface area (Å²) < 4.78 is 5.79. The fraction of sp³-hybridized carbons (Fsp3) is 0.353. The van der Waals surface area contributed by atoms with Gasteiger partial charge in [-0.3, -0.25) is 4.79 Å². The average molecular weight is 314 g/mol. The number of hydrogen-bond donors (Lipinski definition) is 2. The third-order valence-corrected chi connectivity index (χ3v) is 3.43. The summed E-state index contributed by atoms with van der Waals surface area (Å²) in [4.78, 5) is 20.5. The molecule has 0 radical (unpaired) electrons. The van der Waals surface area contributed by atoms with Crippen molar-refractivity contribution in [3.8, 4) is 5.75 Å². The molecule has 0 unspecified atom stereocenters. The SMILES string of the molecule is CCNC(=O)c1c(C)nc(N)nc1COc1cccc(CC)c1. The van der Waals surface area contributed by atoms with Crippen LogP contribution in [0.3, 0.4) is 0 Å². The molecule has 0 bridgehead atoms. The van der Waals surface area contributed by atoms with Gasteiger partial charge in [-0.15, -0.1) is 0 Å². The molecule has 23 heavy (non-hydrogen) atoms. The van der Waals surface area contributed by atoms with Crippen LogP contribution in [-0.4, -0.2) is 22.4 Å². The molecule has 6 heteroatoms. The number of anilines is 1. The fourth-order valence-electron chi connectivity index (χ4n) is 2.31. The van der Waals surface area contributed by atoms with Gasteiger partial charge in [-0.1, -0.05) is 19.1 Å². The molecule has 0 atom stereocenters. The number of carbonyl (C=O) groups is 1. The fourth-order valence-corrected chi connectivity index (χ4v) is 2.31. The van der Waals surface area contributed by atoms with Gasteiger partial charge in [0.05, 0.1) is 17.0 Å². The van der Waals surface area contributed by atoms with E-state index in [1.807, 2.05) is 31.2 Å². The van der Waals surface area contributed by atoms with E-state index in [2.05, 4.69) is 22.2 Å². The van der Waals surface area contributed by atoms with Crippen molar-refractivity contribution < 1.29 is 9.53 Å². The Kier molecular flexibility index (Phi) is 5.51. The van der Waals surface area contributed by atoms with E-state index in [-0.39, 0.29) is 18.5 Å². The molecule has 0 saturated carbocycles. The van der Waals surface area contributed by atoms with E-state index in [1.165, 1.54) is 5.56 Å². The molecule has 1 amide bonds. The van der Waals surface area contributed by atoms with Crippen LogP contribution < -0.4 is 15.8 Å². The van der Waals surface area contributed by atoms with Crippen LogP contribution in [0.2, 0.25) is 0 Å². The van der Waals surface area contributed by atoms with Gasteiger partial charge in [0, 0.05) is 6.54 Å². The highest BCUT2D eigenvalue weighted by Gasteiger charge is 2.18. The lowest BCUT2D eigenvalue weighted by Crippen LogP contribution is -2.26. The van der Waals surface area contributed by atoms with Gasteiger partial charge in [0.1, 0.15) is 12.4 Å².